The summed E-state index contributed by atoms with van der Waals surface area (Å²) < 4.78 is 29.8. The maximum Gasteiger partial charge on any atom is 0.379 e. The first-order valence-corrected chi connectivity index (χ1v) is 13.7. The van der Waals surface area contributed by atoms with Gasteiger partial charge in [0.1, 0.15) is 28.7 Å². The molecular weight excluding hydrogens is 576 g/mol. The van der Waals surface area contributed by atoms with Crippen LogP contribution in [0.25, 0.3) is 11.0 Å². The SMILES string of the molecule is CCCOc1ccc(C2C(C#N)=C(N)Oc3cc(OC(=O)c4oc5ccc(Br)cc5c4C)ccc32)cc1OCC. The molecule has 0 radical (unpaired) electrons. The van der Waals surface area contributed by atoms with Crippen LogP contribution in [0.15, 0.2) is 74.9 Å². The van der Waals surface area contributed by atoms with Crippen molar-refractivity contribution in [3.63, 3.8) is 0 Å². The highest BCUT2D eigenvalue weighted by Gasteiger charge is 2.32. The predicted molar refractivity (Wildman–Crippen MR) is 153 cm³/mol. The van der Waals surface area contributed by atoms with Gasteiger partial charge < -0.3 is 29.1 Å². The van der Waals surface area contributed by atoms with Crippen LogP contribution in [0, 0.1) is 18.3 Å². The van der Waals surface area contributed by atoms with Crippen molar-refractivity contribution in [2.75, 3.05) is 13.2 Å². The third-order valence-corrected chi connectivity index (χ3v) is 7.04. The Kier molecular flexibility index (Phi) is 7.71. The summed E-state index contributed by atoms with van der Waals surface area (Å²) in [4.78, 5) is 13.0. The van der Waals surface area contributed by atoms with Crippen LogP contribution in [0.2, 0.25) is 0 Å². The van der Waals surface area contributed by atoms with Gasteiger partial charge in [-0.2, -0.15) is 5.26 Å². The van der Waals surface area contributed by atoms with E-state index in [0.29, 0.717) is 47.2 Å². The normalized spacial score (nSPS) is 14.3. The predicted octanol–water partition coefficient (Wildman–Crippen LogP) is 7.13. The Morgan fingerprint density at radius 1 is 1.07 bits per heavy atom. The third-order valence-electron chi connectivity index (χ3n) is 6.55. The van der Waals surface area contributed by atoms with Gasteiger partial charge in [0.2, 0.25) is 11.6 Å². The number of halogens is 1. The number of ether oxygens (including phenoxy) is 4. The van der Waals surface area contributed by atoms with Gasteiger partial charge in [0, 0.05) is 27.1 Å². The van der Waals surface area contributed by atoms with Crippen molar-refractivity contribution in [1.82, 2.24) is 0 Å². The molecule has 9 heteroatoms. The van der Waals surface area contributed by atoms with E-state index in [1.54, 1.807) is 31.2 Å². The second kappa shape index (κ2) is 11.4. The fourth-order valence-corrected chi connectivity index (χ4v) is 5.05. The highest BCUT2D eigenvalue weighted by molar-refractivity contribution is 9.10. The van der Waals surface area contributed by atoms with Crippen LogP contribution in [-0.2, 0) is 0 Å². The molecule has 3 aromatic carbocycles. The van der Waals surface area contributed by atoms with Crippen LogP contribution in [0.1, 0.15) is 53.4 Å². The molecule has 0 spiro atoms. The lowest BCUT2D eigenvalue weighted by Gasteiger charge is -2.27. The highest BCUT2D eigenvalue weighted by Crippen LogP contribution is 2.45. The lowest BCUT2D eigenvalue weighted by Crippen LogP contribution is -2.21. The summed E-state index contributed by atoms with van der Waals surface area (Å²) in [6, 6.07) is 18.3. The molecule has 0 aliphatic carbocycles. The van der Waals surface area contributed by atoms with Gasteiger partial charge in [-0.15, -0.1) is 0 Å². The fraction of sp³-hybridized carbons (Fsp3) is 0.226. The Morgan fingerprint density at radius 3 is 2.65 bits per heavy atom. The molecule has 1 atom stereocenters. The molecule has 4 aromatic rings. The number of carbonyl (C=O) groups is 1. The number of rotatable bonds is 8. The molecule has 5 rings (SSSR count). The van der Waals surface area contributed by atoms with Gasteiger partial charge in [-0.05, 0) is 62.2 Å². The average molecular weight is 603 g/mol. The van der Waals surface area contributed by atoms with Gasteiger partial charge >= 0.3 is 5.97 Å². The van der Waals surface area contributed by atoms with Crippen molar-refractivity contribution in [2.24, 2.45) is 5.73 Å². The number of carbonyl (C=O) groups excluding carboxylic acids is 1. The van der Waals surface area contributed by atoms with Gasteiger partial charge in [0.15, 0.2) is 11.5 Å². The molecule has 0 amide bonds. The van der Waals surface area contributed by atoms with E-state index >= 15 is 0 Å². The Morgan fingerprint density at radius 2 is 1.90 bits per heavy atom. The molecule has 40 heavy (non-hydrogen) atoms. The lowest BCUT2D eigenvalue weighted by molar-refractivity contribution is 0.0702. The van der Waals surface area contributed by atoms with Crippen LogP contribution >= 0.6 is 15.9 Å². The molecule has 0 fully saturated rings. The molecule has 1 aliphatic rings. The van der Waals surface area contributed by atoms with Gasteiger partial charge in [-0.3, -0.25) is 0 Å². The zero-order valence-electron chi connectivity index (χ0n) is 22.2. The summed E-state index contributed by atoms with van der Waals surface area (Å²) >= 11 is 3.44. The minimum atomic E-state index is -0.637. The van der Waals surface area contributed by atoms with Crippen LogP contribution in [0.5, 0.6) is 23.0 Å². The van der Waals surface area contributed by atoms with Gasteiger partial charge in [0.05, 0.1) is 19.1 Å². The van der Waals surface area contributed by atoms with Crippen molar-refractivity contribution >= 4 is 32.9 Å². The quantitative estimate of drug-likeness (QED) is 0.167. The summed E-state index contributed by atoms with van der Waals surface area (Å²) in [6.07, 6.45) is 0.860. The molecular formula is C31H27BrN2O6. The Bertz CT molecular complexity index is 1680. The van der Waals surface area contributed by atoms with Crippen LogP contribution < -0.4 is 24.7 Å². The van der Waals surface area contributed by atoms with Gasteiger partial charge in [-0.25, -0.2) is 4.79 Å². The van der Waals surface area contributed by atoms with Crippen molar-refractivity contribution in [2.45, 2.75) is 33.1 Å². The monoisotopic (exact) mass is 602 g/mol. The van der Waals surface area contributed by atoms with Crippen molar-refractivity contribution in [3.05, 3.63) is 93.0 Å². The highest BCUT2D eigenvalue weighted by atomic mass is 79.9. The van der Waals surface area contributed by atoms with Crippen LogP contribution in [0.4, 0.5) is 0 Å². The molecule has 0 saturated heterocycles. The zero-order valence-corrected chi connectivity index (χ0v) is 23.8. The van der Waals surface area contributed by atoms with Crippen molar-refractivity contribution in [3.8, 4) is 29.1 Å². The van der Waals surface area contributed by atoms with Crippen LogP contribution in [0.3, 0.4) is 0 Å². The Labute approximate surface area is 240 Å². The summed E-state index contributed by atoms with van der Waals surface area (Å²) in [6.45, 7) is 6.74. The number of nitrogens with zero attached hydrogens (tertiary/aromatic N) is 1. The Hall–Kier alpha value is -4.42. The number of hydrogen-bond acceptors (Lipinski definition) is 8. The van der Waals surface area contributed by atoms with Crippen LogP contribution in [-0.4, -0.2) is 19.2 Å². The van der Waals surface area contributed by atoms with E-state index in [4.69, 9.17) is 29.1 Å². The number of nitrogens with two attached hydrogens (primary N) is 1. The van der Waals surface area contributed by atoms with Gasteiger partial charge in [0.25, 0.3) is 0 Å². The Balaban J connectivity index is 1.48. The first kappa shape index (κ1) is 27.2. The molecule has 0 bridgehead atoms. The molecule has 1 aromatic heterocycles. The van der Waals surface area contributed by atoms with E-state index < -0.39 is 11.9 Å². The number of furan rings is 1. The number of aryl methyl sites for hydroxylation is 1. The minimum Gasteiger partial charge on any atom is -0.490 e. The standard InChI is InChI=1S/C31H27BrN2O6/c1-4-12-37-25-10-6-18(13-27(25)36-5-2)28-21-9-8-20(15-26(21)40-30(34)23(28)16-33)38-31(35)29-17(3)22-14-19(32)7-11-24(22)39-29/h6-11,13-15,28H,4-5,12,34H2,1-3H3. The number of esters is 1. The molecule has 2 heterocycles. The van der Waals surface area contributed by atoms with E-state index in [2.05, 4.69) is 22.0 Å². The molecule has 1 aliphatic heterocycles. The van der Waals surface area contributed by atoms with E-state index in [0.717, 1.165) is 21.8 Å². The molecule has 0 saturated carbocycles. The minimum absolute atomic E-state index is 0.0218. The zero-order chi connectivity index (χ0) is 28.4. The lowest BCUT2D eigenvalue weighted by atomic mass is 9.83. The summed E-state index contributed by atoms with van der Waals surface area (Å²) in [5.41, 5.74) is 9.21. The number of fused-ring (bicyclic) bond motifs is 2. The maximum atomic E-state index is 13.0. The van der Waals surface area contributed by atoms with E-state index in [1.165, 1.54) is 0 Å². The molecule has 204 valence electrons. The first-order chi connectivity index (χ1) is 19.3. The van der Waals surface area contributed by atoms with Crippen molar-refractivity contribution < 1.29 is 28.2 Å². The number of benzene rings is 3. The topological polar surface area (TPSA) is 117 Å². The number of allylic oxidation sites excluding steroid dienone is 1. The maximum absolute atomic E-state index is 13.0. The van der Waals surface area contributed by atoms with E-state index in [9.17, 15) is 10.1 Å². The van der Waals surface area contributed by atoms with E-state index in [1.807, 2.05) is 44.2 Å². The second-order valence-corrected chi connectivity index (χ2v) is 10.1. The third kappa shape index (κ3) is 5.10. The number of hydrogen-bond donors (Lipinski definition) is 1. The summed E-state index contributed by atoms with van der Waals surface area (Å²) in [5, 5.41) is 10.8. The smallest absolute Gasteiger partial charge is 0.379 e. The van der Waals surface area contributed by atoms with Gasteiger partial charge in [-0.1, -0.05) is 35.0 Å². The van der Waals surface area contributed by atoms with Crippen molar-refractivity contribution in [1.29, 1.82) is 5.26 Å². The molecule has 1 unspecified atom stereocenters. The number of nitriles is 1. The fourth-order valence-electron chi connectivity index (χ4n) is 4.69. The first-order valence-electron chi connectivity index (χ1n) is 12.9. The molecule has 8 nitrogen and oxygen atoms in total. The average Bonchev–Trinajstić information content (AvgIpc) is 3.27. The summed E-state index contributed by atoms with van der Waals surface area (Å²) in [7, 11) is 0. The van der Waals surface area contributed by atoms with E-state index in [-0.39, 0.29) is 23.0 Å². The largest absolute Gasteiger partial charge is 0.490 e. The second-order valence-electron chi connectivity index (χ2n) is 9.20. The molecule has 2 N–H and O–H groups in total. The summed E-state index contributed by atoms with van der Waals surface area (Å²) in [5.74, 6) is 0.769.